The number of hydrogen-bond acceptors (Lipinski definition) is 1. The van der Waals surface area contributed by atoms with Crippen molar-refractivity contribution in [2.45, 2.75) is 30.6 Å². The van der Waals surface area contributed by atoms with E-state index < -0.39 is 11.3 Å². The van der Waals surface area contributed by atoms with E-state index >= 15 is 0 Å². The van der Waals surface area contributed by atoms with Crippen molar-refractivity contribution in [1.82, 2.24) is 0 Å². The normalized spacial score (nSPS) is 12.1. The summed E-state index contributed by atoms with van der Waals surface area (Å²) in [4.78, 5) is 0. The van der Waals surface area contributed by atoms with Crippen LogP contribution >= 0.6 is 22.6 Å². The van der Waals surface area contributed by atoms with E-state index in [4.69, 9.17) is 0 Å². The number of rotatable bonds is 7. The first-order chi connectivity index (χ1) is 10.7. The fourth-order valence-corrected chi connectivity index (χ4v) is 3.32. The van der Waals surface area contributed by atoms with Crippen molar-refractivity contribution < 1.29 is 8.76 Å². The molecule has 0 aliphatic heterocycles. The van der Waals surface area contributed by atoms with Crippen LogP contribution in [0.1, 0.15) is 30.9 Å². The molecular weight excluding hydrogens is 409 g/mol. The predicted octanol–water partition coefficient (Wildman–Crippen LogP) is 5.18. The highest BCUT2D eigenvalue weighted by atomic mass is 127. The number of halogens is 1. The van der Waals surface area contributed by atoms with Crippen LogP contribution in [0, 0.1) is 0 Å². The first-order valence-corrected chi connectivity index (χ1v) is 9.93. The third-order valence-corrected chi connectivity index (χ3v) is 4.82. The molecule has 0 spiro atoms. The molecule has 0 fully saturated rings. The molecule has 5 heteroatoms. The van der Waals surface area contributed by atoms with Gasteiger partial charge in [0.05, 0.1) is 5.69 Å². The molecule has 0 heterocycles. The van der Waals surface area contributed by atoms with Gasteiger partial charge in [0.15, 0.2) is 0 Å². The zero-order valence-electron chi connectivity index (χ0n) is 12.5. The van der Waals surface area contributed by atoms with Gasteiger partial charge in [-0.2, -0.15) is 0 Å². The smallest absolute Gasteiger partial charge is 0.259 e. The van der Waals surface area contributed by atoms with Gasteiger partial charge >= 0.3 is 0 Å². The monoisotopic (exact) mass is 429 g/mol. The molecule has 1 atom stereocenters. The number of hydrogen-bond donors (Lipinski definition) is 2. The maximum atomic E-state index is 11.3. The molecule has 2 rings (SSSR count). The standard InChI is InChI=1S/C17H20INO2S/c1-2-3-5-15-6-4-7-16(17(15)19-22(20)21)14-10-8-13(12-18)9-11-14/h4,6-11,19H,2-3,5,12H2,1H3,(H,20,21). The van der Waals surface area contributed by atoms with Gasteiger partial charge in [-0.15, -0.1) is 0 Å². The summed E-state index contributed by atoms with van der Waals surface area (Å²) in [7, 11) is 0. The predicted molar refractivity (Wildman–Crippen MR) is 103 cm³/mol. The first-order valence-electron chi connectivity index (χ1n) is 7.30. The SMILES string of the molecule is CCCCc1cccc(-c2ccc(CI)cc2)c1NS(=O)O. The summed E-state index contributed by atoms with van der Waals surface area (Å²) < 4.78 is 24.2. The number of unbranched alkanes of at least 4 members (excludes halogenated alkanes) is 1. The minimum atomic E-state index is -2.07. The maximum Gasteiger partial charge on any atom is 0.259 e. The lowest BCUT2D eigenvalue weighted by molar-refractivity contribution is 0.570. The Hall–Kier alpha value is -0.920. The Kier molecular flexibility index (Phi) is 6.85. The van der Waals surface area contributed by atoms with Crippen LogP contribution in [-0.4, -0.2) is 8.76 Å². The van der Waals surface area contributed by atoms with E-state index in [1.165, 1.54) is 5.56 Å². The largest absolute Gasteiger partial charge is 0.289 e. The van der Waals surface area contributed by atoms with Crippen LogP contribution in [-0.2, 0) is 22.1 Å². The number of anilines is 1. The summed E-state index contributed by atoms with van der Waals surface area (Å²) in [5.41, 5.74) is 5.14. The highest BCUT2D eigenvalue weighted by Gasteiger charge is 2.11. The molecule has 118 valence electrons. The van der Waals surface area contributed by atoms with Crippen molar-refractivity contribution in [1.29, 1.82) is 0 Å². The van der Waals surface area contributed by atoms with E-state index in [1.54, 1.807) is 0 Å². The number of aryl methyl sites for hydroxylation is 1. The molecule has 2 aromatic carbocycles. The van der Waals surface area contributed by atoms with Gasteiger partial charge in [-0.1, -0.05) is 78.4 Å². The summed E-state index contributed by atoms with van der Waals surface area (Å²) in [6, 6.07) is 14.4. The third-order valence-electron chi connectivity index (χ3n) is 3.56. The molecule has 0 amide bonds. The van der Waals surface area contributed by atoms with E-state index in [9.17, 15) is 8.76 Å². The van der Waals surface area contributed by atoms with Crippen LogP contribution in [0.3, 0.4) is 0 Å². The molecular formula is C17H20INO2S. The lowest BCUT2D eigenvalue weighted by atomic mass is 9.97. The summed E-state index contributed by atoms with van der Waals surface area (Å²) in [6.07, 6.45) is 3.05. The minimum Gasteiger partial charge on any atom is -0.289 e. The van der Waals surface area contributed by atoms with Crippen molar-refractivity contribution in [3.05, 3.63) is 53.6 Å². The van der Waals surface area contributed by atoms with E-state index in [2.05, 4.69) is 58.5 Å². The van der Waals surface area contributed by atoms with Crippen molar-refractivity contribution in [2.24, 2.45) is 0 Å². The Bertz CT molecular complexity index is 644. The lowest BCUT2D eigenvalue weighted by Crippen LogP contribution is -2.06. The first kappa shape index (κ1) is 17.4. The van der Waals surface area contributed by atoms with Gasteiger partial charge in [-0.25, -0.2) is 4.21 Å². The van der Waals surface area contributed by atoms with Crippen LogP contribution in [0.2, 0.25) is 0 Å². The molecule has 0 radical (unpaired) electrons. The summed E-state index contributed by atoms with van der Waals surface area (Å²) in [5, 5.41) is 0. The fraction of sp³-hybridized carbons (Fsp3) is 0.294. The highest BCUT2D eigenvalue weighted by molar-refractivity contribution is 14.1. The minimum absolute atomic E-state index is 0.763. The molecule has 0 aliphatic carbocycles. The summed E-state index contributed by atoms with van der Waals surface area (Å²) in [5.74, 6) is 0. The molecule has 0 bridgehead atoms. The van der Waals surface area contributed by atoms with Crippen LogP contribution < -0.4 is 4.72 Å². The Balaban J connectivity index is 2.45. The van der Waals surface area contributed by atoms with Crippen LogP contribution in [0.4, 0.5) is 5.69 Å². The molecule has 1 unspecified atom stereocenters. The average Bonchev–Trinajstić information content (AvgIpc) is 2.53. The topological polar surface area (TPSA) is 49.3 Å². The Labute approximate surface area is 148 Å². The van der Waals surface area contributed by atoms with Gasteiger partial charge < -0.3 is 0 Å². The lowest BCUT2D eigenvalue weighted by Gasteiger charge is -2.15. The zero-order chi connectivity index (χ0) is 15.9. The number of nitrogens with one attached hydrogen (secondary N) is 1. The zero-order valence-corrected chi connectivity index (χ0v) is 15.5. The summed E-state index contributed by atoms with van der Waals surface area (Å²) in [6.45, 7) is 2.14. The van der Waals surface area contributed by atoms with Crippen molar-refractivity contribution in [2.75, 3.05) is 4.72 Å². The number of benzene rings is 2. The van der Waals surface area contributed by atoms with Gasteiger partial charge in [0.1, 0.15) is 0 Å². The molecule has 2 N–H and O–H groups in total. The van der Waals surface area contributed by atoms with Crippen LogP contribution in [0.5, 0.6) is 0 Å². The second-order valence-electron chi connectivity index (χ2n) is 5.13. The van der Waals surface area contributed by atoms with Crippen LogP contribution in [0.25, 0.3) is 11.1 Å². The molecule has 3 nitrogen and oxygen atoms in total. The fourth-order valence-electron chi connectivity index (χ4n) is 2.40. The second-order valence-corrected chi connectivity index (χ2v) is 6.59. The van der Waals surface area contributed by atoms with Gasteiger partial charge in [0.25, 0.3) is 11.3 Å². The van der Waals surface area contributed by atoms with E-state index in [1.807, 2.05) is 18.2 Å². The number of alkyl halides is 1. The molecule has 0 saturated heterocycles. The Morgan fingerprint density at radius 1 is 1.18 bits per heavy atom. The third kappa shape index (κ3) is 4.54. The molecule has 0 saturated carbocycles. The van der Waals surface area contributed by atoms with Gasteiger partial charge in [-0.3, -0.25) is 9.27 Å². The molecule has 0 aliphatic rings. The van der Waals surface area contributed by atoms with Gasteiger partial charge in [0, 0.05) is 9.99 Å². The molecule has 22 heavy (non-hydrogen) atoms. The van der Waals surface area contributed by atoms with Crippen LogP contribution in [0.15, 0.2) is 42.5 Å². The van der Waals surface area contributed by atoms with Gasteiger partial charge in [-0.05, 0) is 29.5 Å². The van der Waals surface area contributed by atoms with Crippen molar-refractivity contribution in [3.63, 3.8) is 0 Å². The second kappa shape index (κ2) is 8.64. The van der Waals surface area contributed by atoms with E-state index in [-0.39, 0.29) is 0 Å². The number of para-hydroxylation sites is 1. The quantitative estimate of drug-likeness (QED) is 0.362. The van der Waals surface area contributed by atoms with Crippen molar-refractivity contribution in [3.8, 4) is 11.1 Å². The Morgan fingerprint density at radius 3 is 2.50 bits per heavy atom. The van der Waals surface area contributed by atoms with E-state index in [0.717, 1.165) is 46.1 Å². The average molecular weight is 429 g/mol. The highest BCUT2D eigenvalue weighted by Crippen LogP contribution is 2.32. The van der Waals surface area contributed by atoms with E-state index in [0.29, 0.717) is 0 Å². The summed E-state index contributed by atoms with van der Waals surface area (Å²) >= 11 is 0.264. The Morgan fingerprint density at radius 2 is 1.91 bits per heavy atom. The maximum absolute atomic E-state index is 11.3. The van der Waals surface area contributed by atoms with Gasteiger partial charge in [0.2, 0.25) is 0 Å². The van der Waals surface area contributed by atoms with Crippen molar-refractivity contribution >= 4 is 39.5 Å². The molecule has 0 aromatic heterocycles. The molecule has 2 aromatic rings.